The number of carbonyl (C=O) groups excluding carboxylic acids is 2. The number of hydrogen-bond donors (Lipinski definition) is 1. The highest BCUT2D eigenvalue weighted by atomic mass is 16.6. The lowest BCUT2D eigenvalue weighted by molar-refractivity contribution is -0.384. The predicted molar refractivity (Wildman–Crippen MR) is 83.3 cm³/mol. The summed E-state index contributed by atoms with van der Waals surface area (Å²) in [6.45, 7) is 0.446. The average Bonchev–Trinajstić information content (AvgIpc) is 3.00. The summed E-state index contributed by atoms with van der Waals surface area (Å²) in [6, 6.07) is 12.4. The molecule has 1 aliphatic heterocycles. The lowest BCUT2D eigenvalue weighted by Crippen LogP contribution is -2.27. The molecule has 1 amide bonds. The largest absolute Gasteiger partial charge is 0.297 e. The van der Waals surface area contributed by atoms with Crippen LogP contribution in [0.15, 0.2) is 48.5 Å². The van der Waals surface area contributed by atoms with Crippen molar-refractivity contribution >= 4 is 23.1 Å². The van der Waals surface area contributed by atoms with Crippen molar-refractivity contribution in [1.29, 1.82) is 0 Å². The van der Waals surface area contributed by atoms with E-state index in [4.69, 9.17) is 0 Å². The molecule has 7 nitrogen and oxygen atoms in total. The van der Waals surface area contributed by atoms with Crippen LogP contribution < -0.4 is 10.2 Å². The Morgan fingerprint density at radius 3 is 2.52 bits per heavy atom. The van der Waals surface area contributed by atoms with Gasteiger partial charge in [0.15, 0.2) is 5.78 Å². The van der Waals surface area contributed by atoms with Crippen LogP contribution in [0.5, 0.6) is 0 Å². The molecule has 2 aromatic rings. The first kappa shape index (κ1) is 14.9. The number of ketones is 1. The van der Waals surface area contributed by atoms with Gasteiger partial charge in [0, 0.05) is 17.7 Å². The summed E-state index contributed by atoms with van der Waals surface area (Å²) < 4.78 is 0. The Labute approximate surface area is 131 Å². The molecule has 1 heterocycles. The monoisotopic (exact) mass is 311 g/mol. The summed E-state index contributed by atoms with van der Waals surface area (Å²) in [5.41, 5.74) is 0.739. The highest BCUT2D eigenvalue weighted by Gasteiger charge is 2.27. The van der Waals surface area contributed by atoms with E-state index < -0.39 is 4.92 Å². The molecule has 0 atom stereocenters. The number of nitro groups is 1. The number of nitro benzene ring substituents is 1. The molecule has 1 N–H and O–H groups in total. The van der Waals surface area contributed by atoms with E-state index in [1.165, 1.54) is 23.1 Å². The zero-order valence-electron chi connectivity index (χ0n) is 12.1. The summed E-state index contributed by atoms with van der Waals surface area (Å²) in [5.74, 6) is -0.537. The van der Waals surface area contributed by atoms with Crippen molar-refractivity contribution in [2.75, 3.05) is 18.1 Å². The van der Waals surface area contributed by atoms with Gasteiger partial charge in [-0.25, -0.2) is 0 Å². The quantitative estimate of drug-likeness (QED) is 0.527. The van der Waals surface area contributed by atoms with Crippen LogP contribution in [-0.2, 0) is 4.79 Å². The third kappa shape index (κ3) is 2.82. The van der Waals surface area contributed by atoms with Gasteiger partial charge < -0.3 is 0 Å². The van der Waals surface area contributed by atoms with Gasteiger partial charge in [-0.3, -0.25) is 29.9 Å². The van der Waals surface area contributed by atoms with Crippen LogP contribution in [0.4, 0.5) is 11.4 Å². The van der Waals surface area contributed by atoms with Gasteiger partial charge in [0.05, 0.1) is 29.4 Å². The zero-order valence-corrected chi connectivity index (χ0v) is 12.1. The van der Waals surface area contributed by atoms with Gasteiger partial charge in [0.2, 0.25) is 5.91 Å². The maximum atomic E-state index is 12.7. The first-order valence-corrected chi connectivity index (χ1v) is 6.97. The summed E-state index contributed by atoms with van der Waals surface area (Å²) in [7, 11) is 0. The first-order valence-electron chi connectivity index (χ1n) is 6.97. The number of anilines is 1. The maximum Gasteiger partial charge on any atom is 0.270 e. The van der Waals surface area contributed by atoms with Crippen molar-refractivity contribution < 1.29 is 14.5 Å². The molecular weight excluding hydrogens is 298 g/mol. The number of nitrogens with one attached hydrogen (secondary N) is 1. The van der Waals surface area contributed by atoms with E-state index in [0.29, 0.717) is 11.3 Å². The van der Waals surface area contributed by atoms with E-state index in [-0.39, 0.29) is 36.2 Å². The van der Waals surface area contributed by atoms with E-state index in [1.807, 2.05) is 0 Å². The molecule has 3 rings (SSSR count). The number of benzene rings is 2. The Morgan fingerprint density at radius 1 is 1.17 bits per heavy atom. The average molecular weight is 311 g/mol. The fraction of sp³-hybridized carbons (Fsp3) is 0.125. The third-order valence-corrected chi connectivity index (χ3v) is 3.61. The van der Waals surface area contributed by atoms with Crippen LogP contribution in [0, 0.1) is 10.1 Å². The fourth-order valence-corrected chi connectivity index (χ4v) is 2.48. The van der Waals surface area contributed by atoms with Crippen molar-refractivity contribution in [2.24, 2.45) is 0 Å². The van der Waals surface area contributed by atoms with Gasteiger partial charge >= 0.3 is 0 Å². The van der Waals surface area contributed by atoms with E-state index in [9.17, 15) is 19.7 Å². The summed E-state index contributed by atoms with van der Waals surface area (Å²) >= 11 is 0. The topological polar surface area (TPSA) is 92.5 Å². The molecule has 1 fully saturated rings. The van der Waals surface area contributed by atoms with Crippen LogP contribution in [0.3, 0.4) is 0 Å². The van der Waals surface area contributed by atoms with Crippen LogP contribution in [0.25, 0.3) is 0 Å². The summed E-state index contributed by atoms with van der Waals surface area (Å²) in [6.07, 6.45) is 0. The minimum atomic E-state index is -0.560. The molecule has 0 unspecified atom stereocenters. The van der Waals surface area contributed by atoms with E-state index >= 15 is 0 Å². The standard InChI is InChI=1S/C16H13N3O4/c20-15-9-17-10-18(15)14-7-6-12(19(22)23)8-13(14)16(21)11-4-2-1-3-5-11/h1-8,17H,9-10H2. The van der Waals surface area contributed by atoms with Crippen LogP contribution in [-0.4, -0.2) is 29.8 Å². The van der Waals surface area contributed by atoms with Crippen molar-refractivity contribution in [1.82, 2.24) is 5.32 Å². The van der Waals surface area contributed by atoms with Crippen molar-refractivity contribution in [3.63, 3.8) is 0 Å². The smallest absolute Gasteiger partial charge is 0.270 e. The molecule has 23 heavy (non-hydrogen) atoms. The molecule has 7 heteroatoms. The Balaban J connectivity index is 2.11. The highest BCUT2D eigenvalue weighted by molar-refractivity contribution is 6.15. The number of non-ortho nitro benzene ring substituents is 1. The fourth-order valence-electron chi connectivity index (χ4n) is 2.48. The van der Waals surface area contributed by atoms with Gasteiger partial charge in [-0.05, 0) is 6.07 Å². The summed E-state index contributed by atoms with van der Waals surface area (Å²) in [5, 5.41) is 13.9. The van der Waals surface area contributed by atoms with E-state index in [1.54, 1.807) is 30.3 Å². The molecule has 0 radical (unpaired) electrons. The van der Waals surface area contributed by atoms with Crippen LogP contribution >= 0.6 is 0 Å². The predicted octanol–water partition coefficient (Wildman–Crippen LogP) is 1.72. The second-order valence-corrected chi connectivity index (χ2v) is 5.06. The minimum Gasteiger partial charge on any atom is -0.297 e. The van der Waals surface area contributed by atoms with Crippen molar-refractivity contribution in [2.45, 2.75) is 0 Å². The van der Waals surface area contributed by atoms with Gasteiger partial charge in [-0.1, -0.05) is 30.3 Å². The third-order valence-electron chi connectivity index (χ3n) is 3.61. The lowest BCUT2D eigenvalue weighted by Gasteiger charge is -2.18. The molecule has 2 aromatic carbocycles. The molecule has 0 spiro atoms. The van der Waals surface area contributed by atoms with E-state index in [0.717, 1.165) is 0 Å². The Bertz CT molecular complexity index is 789. The van der Waals surface area contributed by atoms with Crippen LogP contribution in [0.1, 0.15) is 15.9 Å². The van der Waals surface area contributed by atoms with Crippen molar-refractivity contribution in [3.8, 4) is 0 Å². The molecule has 0 aromatic heterocycles. The normalized spacial score (nSPS) is 14.1. The Kier molecular flexibility index (Phi) is 3.86. The second-order valence-electron chi connectivity index (χ2n) is 5.06. The number of amides is 1. The van der Waals surface area contributed by atoms with Gasteiger partial charge in [-0.15, -0.1) is 0 Å². The van der Waals surface area contributed by atoms with Crippen LogP contribution in [0.2, 0.25) is 0 Å². The van der Waals surface area contributed by atoms with E-state index in [2.05, 4.69) is 5.32 Å². The number of hydrogen-bond acceptors (Lipinski definition) is 5. The molecule has 1 aliphatic rings. The van der Waals surface area contributed by atoms with Gasteiger partial charge in [0.25, 0.3) is 5.69 Å². The number of rotatable bonds is 4. The minimum absolute atomic E-state index is 0.141. The maximum absolute atomic E-state index is 12.7. The molecule has 0 saturated carbocycles. The SMILES string of the molecule is O=C(c1ccccc1)c1cc([N+](=O)[O-])ccc1N1CNCC1=O. The molecule has 116 valence electrons. The zero-order chi connectivity index (χ0) is 16.4. The number of nitrogens with zero attached hydrogens (tertiary/aromatic N) is 2. The summed E-state index contributed by atoms with van der Waals surface area (Å²) in [4.78, 5) is 36.5. The number of carbonyl (C=O) groups is 2. The molecule has 1 saturated heterocycles. The Hall–Kier alpha value is -3.06. The molecular formula is C16H13N3O4. The van der Waals surface area contributed by atoms with Crippen molar-refractivity contribution in [3.05, 3.63) is 69.8 Å². The lowest BCUT2D eigenvalue weighted by atomic mass is 10.0. The molecule has 0 bridgehead atoms. The van der Waals surface area contributed by atoms with Gasteiger partial charge in [-0.2, -0.15) is 0 Å². The highest BCUT2D eigenvalue weighted by Crippen LogP contribution is 2.28. The second kappa shape index (κ2) is 5.98. The first-order chi connectivity index (χ1) is 11.1. The Morgan fingerprint density at radius 2 is 1.91 bits per heavy atom. The molecule has 0 aliphatic carbocycles. The van der Waals surface area contributed by atoms with Gasteiger partial charge in [0.1, 0.15) is 0 Å².